The van der Waals surface area contributed by atoms with E-state index in [0.717, 1.165) is 22.9 Å². The summed E-state index contributed by atoms with van der Waals surface area (Å²) < 4.78 is 11.7. The standard InChI is InChI=1S/C25H28N2O3/c1-17-8-10-20(11-9-17)30-25(2,3)24(28)27-23-16-29-15-19(23)14-18-12-13-26-22-7-5-4-6-21(18)22/h4-13,19,23H,14-16H2,1-3H3,(H,27,28)/t19-,23+/m1/s1. The number of amides is 1. The van der Waals surface area contributed by atoms with Crippen LogP contribution in [0.3, 0.4) is 0 Å². The number of aromatic nitrogens is 1. The average molecular weight is 405 g/mol. The van der Waals surface area contributed by atoms with E-state index < -0.39 is 5.60 Å². The van der Waals surface area contributed by atoms with Gasteiger partial charge in [0.1, 0.15) is 5.75 Å². The largest absolute Gasteiger partial charge is 0.478 e. The van der Waals surface area contributed by atoms with Crippen LogP contribution in [0.1, 0.15) is 25.0 Å². The Morgan fingerprint density at radius 2 is 1.90 bits per heavy atom. The number of ether oxygens (including phenoxy) is 2. The first kappa shape index (κ1) is 20.4. The van der Waals surface area contributed by atoms with Gasteiger partial charge < -0.3 is 14.8 Å². The van der Waals surface area contributed by atoms with Crippen molar-refractivity contribution in [1.82, 2.24) is 10.3 Å². The number of hydrogen-bond donors (Lipinski definition) is 1. The van der Waals surface area contributed by atoms with Gasteiger partial charge in [-0.25, -0.2) is 0 Å². The molecule has 1 saturated heterocycles. The zero-order valence-corrected chi connectivity index (χ0v) is 17.7. The molecular formula is C25H28N2O3. The SMILES string of the molecule is Cc1ccc(OC(C)(C)C(=O)N[C@H]2COC[C@H]2Cc2ccnc3ccccc23)cc1. The van der Waals surface area contributed by atoms with Crippen LogP contribution in [0.15, 0.2) is 60.8 Å². The van der Waals surface area contributed by atoms with Crippen molar-refractivity contribution >= 4 is 16.8 Å². The van der Waals surface area contributed by atoms with Gasteiger partial charge in [-0.3, -0.25) is 9.78 Å². The molecule has 156 valence electrons. The fourth-order valence-corrected chi connectivity index (χ4v) is 3.86. The minimum Gasteiger partial charge on any atom is -0.478 e. The van der Waals surface area contributed by atoms with Gasteiger partial charge in [0.15, 0.2) is 5.60 Å². The molecule has 1 amide bonds. The Morgan fingerprint density at radius 1 is 1.13 bits per heavy atom. The van der Waals surface area contributed by atoms with Crippen molar-refractivity contribution in [3.63, 3.8) is 0 Å². The highest BCUT2D eigenvalue weighted by atomic mass is 16.5. The summed E-state index contributed by atoms with van der Waals surface area (Å²) in [4.78, 5) is 17.4. The molecule has 2 heterocycles. The van der Waals surface area contributed by atoms with E-state index in [2.05, 4.69) is 22.4 Å². The first-order chi connectivity index (χ1) is 14.4. The van der Waals surface area contributed by atoms with Crippen LogP contribution in [0.4, 0.5) is 0 Å². The Balaban J connectivity index is 1.44. The van der Waals surface area contributed by atoms with Crippen LogP contribution in [-0.4, -0.2) is 35.7 Å². The number of fused-ring (bicyclic) bond motifs is 1. The van der Waals surface area contributed by atoms with Crippen molar-refractivity contribution in [3.05, 3.63) is 71.9 Å². The van der Waals surface area contributed by atoms with Gasteiger partial charge >= 0.3 is 0 Å². The fourth-order valence-electron chi connectivity index (χ4n) is 3.86. The molecular weight excluding hydrogens is 376 g/mol. The van der Waals surface area contributed by atoms with Gasteiger partial charge in [0, 0.05) is 17.5 Å². The number of hydrogen-bond acceptors (Lipinski definition) is 4. The van der Waals surface area contributed by atoms with Gasteiger partial charge in [-0.05, 0) is 57.0 Å². The van der Waals surface area contributed by atoms with E-state index in [9.17, 15) is 4.79 Å². The van der Waals surface area contributed by atoms with Crippen LogP contribution in [0.5, 0.6) is 5.75 Å². The number of carbonyl (C=O) groups is 1. The normalized spacial score (nSPS) is 19.0. The molecule has 4 rings (SSSR count). The van der Waals surface area contributed by atoms with E-state index >= 15 is 0 Å². The smallest absolute Gasteiger partial charge is 0.263 e. The lowest BCUT2D eigenvalue weighted by Crippen LogP contribution is -2.52. The number of para-hydroxylation sites is 1. The van der Waals surface area contributed by atoms with Crippen LogP contribution >= 0.6 is 0 Å². The molecule has 0 unspecified atom stereocenters. The molecule has 0 bridgehead atoms. The minimum absolute atomic E-state index is 0.0506. The first-order valence-corrected chi connectivity index (χ1v) is 10.4. The molecule has 0 saturated carbocycles. The lowest BCUT2D eigenvalue weighted by atomic mass is 9.92. The Bertz CT molecular complexity index is 1020. The molecule has 0 spiro atoms. The van der Waals surface area contributed by atoms with Gasteiger partial charge in [-0.2, -0.15) is 0 Å². The molecule has 5 nitrogen and oxygen atoms in total. The van der Waals surface area contributed by atoms with E-state index in [4.69, 9.17) is 9.47 Å². The Hall–Kier alpha value is -2.92. The summed E-state index contributed by atoms with van der Waals surface area (Å²) in [6.07, 6.45) is 2.67. The van der Waals surface area contributed by atoms with Crippen LogP contribution in [0.25, 0.3) is 10.9 Å². The van der Waals surface area contributed by atoms with Crippen molar-refractivity contribution in [1.29, 1.82) is 0 Å². The molecule has 1 N–H and O–H groups in total. The average Bonchev–Trinajstić information content (AvgIpc) is 3.16. The molecule has 3 aromatic rings. The summed E-state index contributed by atoms with van der Waals surface area (Å²) in [5, 5.41) is 4.32. The number of pyridine rings is 1. The molecule has 0 aliphatic carbocycles. The lowest BCUT2D eigenvalue weighted by molar-refractivity contribution is -0.135. The second-order valence-electron chi connectivity index (χ2n) is 8.49. The molecule has 1 aliphatic rings. The van der Waals surface area contributed by atoms with Gasteiger partial charge in [-0.1, -0.05) is 35.9 Å². The zero-order valence-electron chi connectivity index (χ0n) is 17.7. The van der Waals surface area contributed by atoms with Gasteiger partial charge in [0.05, 0.1) is 24.8 Å². The van der Waals surface area contributed by atoms with Crippen molar-refractivity contribution in [3.8, 4) is 5.75 Å². The van der Waals surface area contributed by atoms with Gasteiger partial charge in [-0.15, -0.1) is 0 Å². The molecule has 2 aromatic carbocycles. The Labute approximate surface area is 177 Å². The predicted octanol–water partition coefficient (Wildman–Crippen LogP) is 4.07. The van der Waals surface area contributed by atoms with E-state index in [1.165, 1.54) is 5.56 Å². The molecule has 5 heteroatoms. The molecule has 1 fully saturated rings. The summed E-state index contributed by atoms with van der Waals surface area (Å²) in [5.41, 5.74) is 2.39. The Morgan fingerprint density at radius 3 is 2.70 bits per heavy atom. The van der Waals surface area contributed by atoms with Crippen molar-refractivity contribution in [2.75, 3.05) is 13.2 Å². The summed E-state index contributed by atoms with van der Waals surface area (Å²) in [6, 6.07) is 17.9. The van der Waals surface area contributed by atoms with Crippen LogP contribution in [0.2, 0.25) is 0 Å². The van der Waals surface area contributed by atoms with E-state index in [1.54, 1.807) is 13.8 Å². The third-order valence-corrected chi connectivity index (χ3v) is 5.68. The maximum Gasteiger partial charge on any atom is 0.263 e. The highest BCUT2D eigenvalue weighted by Crippen LogP contribution is 2.25. The van der Waals surface area contributed by atoms with E-state index in [1.807, 2.05) is 55.6 Å². The first-order valence-electron chi connectivity index (χ1n) is 10.4. The maximum atomic E-state index is 13.0. The Kier molecular flexibility index (Phi) is 5.73. The quantitative estimate of drug-likeness (QED) is 0.673. The second-order valence-corrected chi connectivity index (χ2v) is 8.49. The summed E-state index contributed by atoms with van der Waals surface area (Å²) in [5.74, 6) is 0.751. The predicted molar refractivity (Wildman–Crippen MR) is 118 cm³/mol. The lowest BCUT2D eigenvalue weighted by Gasteiger charge is -2.28. The summed E-state index contributed by atoms with van der Waals surface area (Å²) >= 11 is 0. The highest BCUT2D eigenvalue weighted by molar-refractivity contribution is 5.85. The fraction of sp³-hybridized carbons (Fsp3) is 0.360. The van der Waals surface area contributed by atoms with Crippen LogP contribution in [-0.2, 0) is 16.0 Å². The topological polar surface area (TPSA) is 60.5 Å². The third-order valence-electron chi connectivity index (χ3n) is 5.68. The van der Waals surface area contributed by atoms with E-state index in [0.29, 0.717) is 19.0 Å². The molecule has 1 aliphatic heterocycles. The number of rotatable bonds is 6. The number of aryl methyl sites for hydroxylation is 1. The third kappa shape index (κ3) is 4.46. The van der Waals surface area contributed by atoms with Crippen LogP contribution in [0, 0.1) is 12.8 Å². The van der Waals surface area contributed by atoms with Crippen molar-refractivity contribution < 1.29 is 14.3 Å². The maximum absolute atomic E-state index is 13.0. The number of nitrogens with zero attached hydrogens (tertiary/aromatic N) is 1. The van der Waals surface area contributed by atoms with Crippen molar-refractivity contribution in [2.24, 2.45) is 5.92 Å². The monoisotopic (exact) mass is 404 g/mol. The van der Waals surface area contributed by atoms with Gasteiger partial charge in [0.25, 0.3) is 5.91 Å². The van der Waals surface area contributed by atoms with Gasteiger partial charge in [0.2, 0.25) is 0 Å². The van der Waals surface area contributed by atoms with Crippen molar-refractivity contribution in [2.45, 2.75) is 38.8 Å². The highest BCUT2D eigenvalue weighted by Gasteiger charge is 2.36. The molecule has 2 atom stereocenters. The zero-order chi connectivity index (χ0) is 21.1. The number of carbonyl (C=O) groups excluding carboxylic acids is 1. The summed E-state index contributed by atoms with van der Waals surface area (Å²) in [6.45, 7) is 6.75. The summed E-state index contributed by atoms with van der Waals surface area (Å²) in [7, 11) is 0. The number of benzene rings is 2. The molecule has 30 heavy (non-hydrogen) atoms. The second kappa shape index (κ2) is 8.44. The molecule has 1 aromatic heterocycles. The number of nitrogens with one attached hydrogen (secondary N) is 1. The molecule has 0 radical (unpaired) electrons. The van der Waals surface area contributed by atoms with Crippen LogP contribution < -0.4 is 10.1 Å². The van der Waals surface area contributed by atoms with E-state index in [-0.39, 0.29) is 17.9 Å². The minimum atomic E-state index is -0.980.